The van der Waals surface area contributed by atoms with Crippen LogP contribution in [-0.2, 0) is 16.0 Å². The first-order valence-corrected chi connectivity index (χ1v) is 15.1. The molecule has 0 aliphatic heterocycles. The third kappa shape index (κ3) is 7.13. The van der Waals surface area contributed by atoms with Crippen LogP contribution in [0.5, 0.6) is 23.0 Å². The number of carbonyl (C=O) groups is 2. The van der Waals surface area contributed by atoms with Gasteiger partial charge in [-0.1, -0.05) is 18.2 Å². The Morgan fingerprint density at radius 2 is 1.70 bits per heavy atom. The standard InChI is InChI=1S/C34H38N6O7/c1-19(41)36-24-14-12-20-17-28(45-3)31(46-4)32(47-5)30(20)21-13-15-25(26(42)18-23(21)24)35-16-8-11-29(43)37-34-38-33(39-40-34)22-9-6-7-10-27(22)44-2/h6-7,9-10,13,15,17-18,24H,8,11-12,14,16H2,1-5H3,(H,35,42)(H,36,41)(H2,37,38,39,40,43). The van der Waals surface area contributed by atoms with Crippen LogP contribution >= 0.6 is 0 Å². The largest absolute Gasteiger partial charge is 0.496 e. The molecule has 13 nitrogen and oxygen atoms in total. The number of aromatic amines is 1. The fraction of sp³-hybridized carbons (Fsp3) is 0.324. The average molecular weight is 643 g/mol. The van der Waals surface area contributed by atoms with E-state index in [2.05, 4.69) is 31.1 Å². The second-order valence-electron chi connectivity index (χ2n) is 10.9. The number of rotatable bonds is 12. The maximum absolute atomic E-state index is 13.5. The third-order valence-electron chi connectivity index (χ3n) is 7.91. The Bertz CT molecular complexity index is 1840. The van der Waals surface area contributed by atoms with Crippen LogP contribution in [0, 0.1) is 0 Å². The van der Waals surface area contributed by atoms with Gasteiger partial charge in [-0.3, -0.25) is 24.8 Å². The SMILES string of the molecule is COc1ccccc1-c1nc(NC(=O)CCCNc2ccc3c(cc2=O)C(NC(C)=O)CCc2cc(OC)c(OC)c(OC)c2-3)n[nH]1. The molecule has 0 saturated heterocycles. The van der Waals surface area contributed by atoms with E-state index in [4.69, 9.17) is 18.9 Å². The molecule has 1 heterocycles. The number of aromatic nitrogens is 3. The molecule has 1 aromatic heterocycles. The van der Waals surface area contributed by atoms with Gasteiger partial charge in [0, 0.05) is 25.5 Å². The topological polar surface area (TPSA) is 166 Å². The highest BCUT2D eigenvalue weighted by Gasteiger charge is 2.29. The molecule has 0 bridgehead atoms. The van der Waals surface area contributed by atoms with Crippen LogP contribution in [0.1, 0.15) is 43.4 Å². The van der Waals surface area contributed by atoms with Crippen molar-refractivity contribution in [3.8, 4) is 45.5 Å². The van der Waals surface area contributed by atoms with E-state index in [-0.39, 0.29) is 29.6 Å². The number of nitrogens with zero attached hydrogens (tertiary/aromatic N) is 2. The molecule has 0 saturated carbocycles. The lowest BCUT2D eigenvalue weighted by Gasteiger charge is -2.19. The van der Waals surface area contributed by atoms with E-state index in [1.54, 1.807) is 33.5 Å². The number of H-pyrrole nitrogens is 1. The fourth-order valence-corrected chi connectivity index (χ4v) is 5.79. The van der Waals surface area contributed by atoms with Crippen molar-refractivity contribution in [3.05, 3.63) is 69.9 Å². The molecule has 1 aliphatic rings. The van der Waals surface area contributed by atoms with Crippen LogP contribution in [0.15, 0.2) is 53.3 Å². The van der Waals surface area contributed by atoms with Crippen molar-refractivity contribution in [2.75, 3.05) is 45.6 Å². The van der Waals surface area contributed by atoms with E-state index in [0.29, 0.717) is 65.9 Å². The predicted molar refractivity (Wildman–Crippen MR) is 177 cm³/mol. The number of nitrogens with one attached hydrogen (secondary N) is 4. The number of hydrogen-bond donors (Lipinski definition) is 4. The lowest BCUT2D eigenvalue weighted by atomic mass is 9.95. The van der Waals surface area contributed by atoms with Crippen LogP contribution in [0.3, 0.4) is 0 Å². The first kappa shape index (κ1) is 32.8. The van der Waals surface area contributed by atoms with Crippen LogP contribution in [0.2, 0.25) is 0 Å². The molecule has 1 unspecified atom stereocenters. The van der Waals surface area contributed by atoms with Crippen molar-refractivity contribution in [1.29, 1.82) is 0 Å². The highest BCUT2D eigenvalue weighted by atomic mass is 16.5. The van der Waals surface area contributed by atoms with Crippen LogP contribution < -0.4 is 40.3 Å². The van der Waals surface area contributed by atoms with E-state index >= 15 is 0 Å². The highest BCUT2D eigenvalue weighted by Crippen LogP contribution is 2.50. The summed E-state index contributed by atoms with van der Waals surface area (Å²) >= 11 is 0. The number of anilines is 2. The molecule has 4 aromatic rings. The summed E-state index contributed by atoms with van der Waals surface area (Å²) in [5.74, 6) is 2.22. The van der Waals surface area contributed by atoms with Crippen molar-refractivity contribution < 1.29 is 28.5 Å². The Hall–Kier alpha value is -5.59. The van der Waals surface area contributed by atoms with E-state index in [1.807, 2.05) is 36.4 Å². The molecule has 13 heteroatoms. The Kier molecular flexibility index (Phi) is 10.2. The van der Waals surface area contributed by atoms with Crippen molar-refractivity contribution in [1.82, 2.24) is 20.5 Å². The van der Waals surface area contributed by atoms with Gasteiger partial charge in [0.2, 0.25) is 28.9 Å². The first-order chi connectivity index (χ1) is 22.8. The highest BCUT2D eigenvalue weighted by molar-refractivity contribution is 5.89. The van der Waals surface area contributed by atoms with E-state index in [0.717, 1.165) is 22.3 Å². The first-order valence-electron chi connectivity index (χ1n) is 15.1. The molecular weight excluding hydrogens is 604 g/mol. The number of para-hydroxylation sites is 1. The van der Waals surface area contributed by atoms with Crippen molar-refractivity contribution in [3.63, 3.8) is 0 Å². The molecule has 47 heavy (non-hydrogen) atoms. The van der Waals surface area contributed by atoms with Gasteiger partial charge >= 0.3 is 0 Å². The predicted octanol–water partition coefficient (Wildman–Crippen LogP) is 4.49. The van der Waals surface area contributed by atoms with Crippen molar-refractivity contribution in [2.45, 2.75) is 38.6 Å². The fourth-order valence-electron chi connectivity index (χ4n) is 5.79. The number of methoxy groups -OCH3 is 4. The summed E-state index contributed by atoms with van der Waals surface area (Å²) in [6.45, 7) is 1.81. The van der Waals surface area contributed by atoms with Gasteiger partial charge in [0.25, 0.3) is 0 Å². The molecular formula is C34H38N6O7. The number of hydrogen-bond acceptors (Lipinski definition) is 10. The summed E-state index contributed by atoms with van der Waals surface area (Å²) in [6.07, 6.45) is 1.78. The van der Waals surface area contributed by atoms with Crippen LogP contribution in [0.25, 0.3) is 22.5 Å². The summed E-state index contributed by atoms with van der Waals surface area (Å²) in [5.41, 5.74) is 3.94. The van der Waals surface area contributed by atoms with Crippen LogP contribution in [0.4, 0.5) is 11.6 Å². The van der Waals surface area contributed by atoms with Crippen molar-refractivity contribution in [2.24, 2.45) is 0 Å². The molecule has 0 fully saturated rings. The van der Waals surface area contributed by atoms with E-state index in [1.165, 1.54) is 14.0 Å². The lowest BCUT2D eigenvalue weighted by molar-refractivity contribution is -0.119. The Morgan fingerprint density at radius 3 is 2.43 bits per heavy atom. The minimum atomic E-state index is -0.410. The van der Waals surface area contributed by atoms with Gasteiger partial charge in [0.1, 0.15) is 5.75 Å². The Morgan fingerprint density at radius 1 is 0.936 bits per heavy atom. The third-order valence-corrected chi connectivity index (χ3v) is 7.91. The molecule has 246 valence electrons. The summed E-state index contributed by atoms with van der Waals surface area (Å²) in [7, 11) is 6.23. The average Bonchev–Trinajstić information content (AvgIpc) is 3.41. The molecule has 5 rings (SSSR count). The lowest BCUT2D eigenvalue weighted by Crippen LogP contribution is -2.26. The van der Waals surface area contributed by atoms with Gasteiger partial charge in [-0.2, -0.15) is 4.98 Å². The number of carbonyl (C=O) groups excluding carboxylic acids is 2. The minimum Gasteiger partial charge on any atom is -0.496 e. The quantitative estimate of drug-likeness (QED) is 0.162. The molecule has 3 aromatic carbocycles. The normalized spacial score (nSPS) is 13.3. The van der Waals surface area contributed by atoms with Gasteiger partial charge in [-0.25, -0.2) is 0 Å². The zero-order valence-electron chi connectivity index (χ0n) is 27.0. The Labute approximate surface area is 272 Å². The van der Waals surface area contributed by atoms with Gasteiger partial charge < -0.3 is 29.6 Å². The zero-order chi connectivity index (χ0) is 33.5. The number of amides is 2. The summed E-state index contributed by atoms with van der Waals surface area (Å²) < 4.78 is 22.4. The maximum Gasteiger partial charge on any atom is 0.249 e. The minimum absolute atomic E-state index is 0.154. The Balaban J connectivity index is 1.33. The van der Waals surface area contributed by atoms with Gasteiger partial charge in [-0.15, -0.1) is 5.10 Å². The molecule has 0 radical (unpaired) electrons. The summed E-state index contributed by atoms with van der Waals surface area (Å²) in [4.78, 5) is 42.7. The number of benzene rings is 2. The van der Waals surface area contributed by atoms with E-state index in [9.17, 15) is 14.4 Å². The molecule has 0 spiro atoms. The summed E-state index contributed by atoms with van der Waals surface area (Å²) in [5, 5.41) is 15.8. The molecule has 1 aliphatic carbocycles. The van der Waals surface area contributed by atoms with Crippen LogP contribution in [-0.4, -0.2) is 62.0 Å². The smallest absolute Gasteiger partial charge is 0.249 e. The molecule has 2 amide bonds. The molecule has 1 atom stereocenters. The second kappa shape index (κ2) is 14.7. The number of aryl methyl sites for hydroxylation is 1. The van der Waals surface area contributed by atoms with E-state index < -0.39 is 6.04 Å². The second-order valence-corrected chi connectivity index (χ2v) is 10.9. The summed E-state index contributed by atoms with van der Waals surface area (Å²) in [6, 6.07) is 14.0. The van der Waals surface area contributed by atoms with Gasteiger partial charge in [-0.05, 0) is 66.3 Å². The zero-order valence-corrected chi connectivity index (χ0v) is 27.0. The monoisotopic (exact) mass is 642 g/mol. The maximum atomic E-state index is 13.5. The number of fused-ring (bicyclic) bond motifs is 3. The van der Waals surface area contributed by atoms with Gasteiger partial charge in [0.15, 0.2) is 17.3 Å². The van der Waals surface area contributed by atoms with Gasteiger partial charge in [0.05, 0.1) is 45.7 Å². The molecule has 4 N–H and O–H groups in total. The van der Waals surface area contributed by atoms with Crippen molar-refractivity contribution >= 4 is 23.5 Å². The number of ether oxygens (including phenoxy) is 4.